The second-order valence-electron chi connectivity index (χ2n) is 6.94. The number of likely N-dealkylation sites (tertiary alicyclic amines) is 1. The molecule has 6 nitrogen and oxygen atoms in total. The van der Waals surface area contributed by atoms with E-state index in [1.165, 1.54) is 24.8 Å². The van der Waals surface area contributed by atoms with Gasteiger partial charge in [0.05, 0.1) is 13.0 Å². The van der Waals surface area contributed by atoms with Crippen LogP contribution in [0.25, 0.3) is 5.57 Å². The first-order valence-corrected chi connectivity index (χ1v) is 10.1. The SMILES string of the molecule is COC(=O)C1CN(CC2=C(C)c3ccc(OS(=O)(=O)C(F)(F)F)cc3CC2)C1. The lowest BCUT2D eigenvalue weighted by molar-refractivity contribution is -0.151. The lowest BCUT2D eigenvalue weighted by atomic mass is 9.85. The molecule has 0 unspecified atom stereocenters. The van der Waals surface area contributed by atoms with E-state index in [9.17, 15) is 26.4 Å². The Morgan fingerprint density at radius 3 is 2.54 bits per heavy atom. The van der Waals surface area contributed by atoms with Gasteiger partial charge in [-0.3, -0.25) is 9.69 Å². The van der Waals surface area contributed by atoms with E-state index in [0.717, 1.165) is 16.7 Å². The molecule has 154 valence electrons. The zero-order valence-corrected chi connectivity index (χ0v) is 16.2. The lowest BCUT2D eigenvalue weighted by Gasteiger charge is -2.39. The highest BCUT2D eigenvalue weighted by Crippen LogP contribution is 2.36. The van der Waals surface area contributed by atoms with E-state index in [4.69, 9.17) is 4.74 Å². The van der Waals surface area contributed by atoms with Crippen molar-refractivity contribution in [3.63, 3.8) is 0 Å². The van der Waals surface area contributed by atoms with Crippen molar-refractivity contribution >= 4 is 21.7 Å². The highest BCUT2D eigenvalue weighted by molar-refractivity contribution is 7.88. The number of fused-ring (bicyclic) bond motifs is 1. The number of halogens is 3. The fraction of sp³-hybridized carbons (Fsp3) is 0.500. The van der Waals surface area contributed by atoms with Gasteiger partial charge >= 0.3 is 21.6 Å². The van der Waals surface area contributed by atoms with Crippen LogP contribution in [0.4, 0.5) is 13.2 Å². The predicted molar refractivity (Wildman–Crippen MR) is 94.9 cm³/mol. The second-order valence-corrected chi connectivity index (χ2v) is 8.48. The summed E-state index contributed by atoms with van der Waals surface area (Å²) in [7, 11) is -4.32. The maximum atomic E-state index is 12.5. The summed E-state index contributed by atoms with van der Waals surface area (Å²) in [5, 5.41) is 0. The van der Waals surface area contributed by atoms with Crippen LogP contribution in [0.2, 0.25) is 0 Å². The van der Waals surface area contributed by atoms with E-state index in [1.54, 1.807) is 6.07 Å². The second kappa shape index (κ2) is 7.40. The summed E-state index contributed by atoms with van der Waals surface area (Å²) >= 11 is 0. The molecule has 1 aliphatic carbocycles. The lowest BCUT2D eigenvalue weighted by Crippen LogP contribution is -2.51. The van der Waals surface area contributed by atoms with Crippen molar-refractivity contribution in [2.75, 3.05) is 26.7 Å². The smallest absolute Gasteiger partial charge is 0.469 e. The van der Waals surface area contributed by atoms with Crippen molar-refractivity contribution in [2.24, 2.45) is 5.92 Å². The molecule has 0 N–H and O–H groups in total. The van der Waals surface area contributed by atoms with Crippen molar-refractivity contribution < 1.29 is 35.3 Å². The van der Waals surface area contributed by atoms with Gasteiger partial charge < -0.3 is 8.92 Å². The highest BCUT2D eigenvalue weighted by atomic mass is 32.2. The average Bonchev–Trinajstić information content (AvgIpc) is 2.57. The molecule has 0 aromatic heterocycles. The minimum Gasteiger partial charge on any atom is -0.469 e. The first-order chi connectivity index (χ1) is 13.0. The van der Waals surface area contributed by atoms with Crippen LogP contribution in [0.5, 0.6) is 5.75 Å². The Morgan fingerprint density at radius 1 is 1.25 bits per heavy atom. The van der Waals surface area contributed by atoms with Gasteiger partial charge in [-0.1, -0.05) is 11.6 Å². The predicted octanol–water partition coefficient (Wildman–Crippen LogP) is 2.74. The topological polar surface area (TPSA) is 72.9 Å². The molecule has 0 atom stereocenters. The first-order valence-electron chi connectivity index (χ1n) is 8.64. The summed E-state index contributed by atoms with van der Waals surface area (Å²) in [6.45, 7) is 3.91. The van der Waals surface area contributed by atoms with Crippen molar-refractivity contribution in [3.8, 4) is 5.75 Å². The Bertz CT molecular complexity index is 918. The molecule has 1 saturated heterocycles. The van der Waals surface area contributed by atoms with E-state index >= 15 is 0 Å². The van der Waals surface area contributed by atoms with Crippen LogP contribution in [0.3, 0.4) is 0 Å². The minimum atomic E-state index is -5.68. The van der Waals surface area contributed by atoms with Gasteiger partial charge in [-0.25, -0.2) is 0 Å². The third-order valence-corrected chi connectivity index (χ3v) is 6.08. The third kappa shape index (κ3) is 4.02. The number of alkyl halides is 3. The first kappa shape index (κ1) is 20.7. The number of hydrogen-bond donors (Lipinski definition) is 0. The summed E-state index contributed by atoms with van der Waals surface area (Å²) in [6, 6.07) is 4.15. The number of nitrogens with zero attached hydrogens (tertiary/aromatic N) is 1. The highest BCUT2D eigenvalue weighted by Gasteiger charge is 2.48. The summed E-state index contributed by atoms with van der Waals surface area (Å²) in [5.41, 5.74) is -1.67. The van der Waals surface area contributed by atoms with Crippen LogP contribution in [0.15, 0.2) is 23.8 Å². The van der Waals surface area contributed by atoms with Crippen LogP contribution in [0.1, 0.15) is 24.5 Å². The van der Waals surface area contributed by atoms with Crippen LogP contribution in [-0.2, 0) is 26.1 Å². The Morgan fingerprint density at radius 2 is 1.93 bits per heavy atom. The zero-order chi connectivity index (χ0) is 20.7. The maximum absolute atomic E-state index is 12.5. The third-order valence-electron chi connectivity index (χ3n) is 5.10. The van der Waals surface area contributed by atoms with E-state index in [1.807, 2.05) is 6.92 Å². The number of hydrogen-bond acceptors (Lipinski definition) is 6. The molecule has 0 spiro atoms. The summed E-state index contributed by atoms with van der Waals surface area (Å²) < 4.78 is 68.7. The molecule has 3 rings (SSSR count). The molecular weight excluding hydrogens is 399 g/mol. The van der Waals surface area contributed by atoms with Gasteiger partial charge in [-0.05, 0) is 48.6 Å². The van der Waals surface area contributed by atoms with E-state index < -0.39 is 15.6 Å². The number of aryl methyl sites for hydroxylation is 1. The van der Waals surface area contributed by atoms with E-state index in [2.05, 4.69) is 9.08 Å². The molecule has 1 fully saturated rings. The Labute approximate surface area is 161 Å². The molecule has 28 heavy (non-hydrogen) atoms. The quantitative estimate of drug-likeness (QED) is 0.415. The van der Waals surface area contributed by atoms with Crippen LogP contribution in [-0.4, -0.2) is 51.5 Å². The molecule has 0 saturated carbocycles. The Hall–Kier alpha value is -2.07. The van der Waals surface area contributed by atoms with Crippen molar-refractivity contribution in [1.29, 1.82) is 0 Å². The van der Waals surface area contributed by atoms with Crippen molar-refractivity contribution in [3.05, 3.63) is 34.9 Å². The number of carbonyl (C=O) groups excluding carboxylic acids is 1. The maximum Gasteiger partial charge on any atom is 0.534 e. The molecule has 0 bridgehead atoms. The number of carbonyl (C=O) groups is 1. The van der Waals surface area contributed by atoms with E-state index in [0.29, 0.717) is 32.5 Å². The van der Waals surface area contributed by atoms with Gasteiger partial charge in [0.25, 0.3) is 0 Å². The van der Waals surface area contributed by atoms with Crippen LogP contribution < -0.4 is 4.18 Å². The number of methoxy groups -OCH3 is 1. The molecule has 2 aliphatic rings. The largest absolute Gasteiger partial charge is 0.534 e. The Kier molecular flexibility index (Phi) is 5.46. The number of rotatable bonds is 5. The summed E-state index contributed by atoms with van der Waals surface area (Å²) in [4.78, 5) is 13.6. The zero-order valence-electron chi connectivity index (χ0n) is 15.4. The van der Waals surface area contributed by atoms with Gasteiger partial charge in [0.2, 0.25) is 0 Å². The molecule has 0 radical (unpaired) electrons. The molecule has 1 aliphatic heterocycles. The normalized spacial score (nSPS) is 18.5. The minimum absolute atomic E-state index is 0.0999. The monoisotopic (exact) mass is 419 g/mol. The summed E-state index contributed by atoms with van der Waals surface area (Å²) in [6.07, 6.45) is 1.27. The molecule has 10 heteroatoms. The van der Waals surface area contributed by atoms with Crippen molar-refractivity contribution in [1.82, 2.24) is 4.90 Å². The molecular formula is C18H20F3NO5S. The molecule has 0 amide bonds. The van der Waals surface area contributed by atoms with Gasteiger partial charge in [0.1, 0.15) is 5.75 Å². The number of benzene rings is 1. The van der Waals surface area contributed by atoms with Gasteiger partial charge in [-0.15, -0.1) is 0 Å². The number of esters is 1. The number of allylic oxidation sites excluding steroid dienone is 1. The summed E-state index contributed by atoms with van der Waals surface area (Å²) in [5.74, 6) is -0.662. The van der Waals surface area contributed by atoms with E-state index in [-0.39, 0.29) is 17.6 Å². The van der Waals surface area contributed by atoms with Gasteiger partial charge in [0, 0.05) is 19.6 Å². The van der Waals surface area contributed by atoms with Gasteiger partial charge in [0.15, 0.2) is 0 Å². The molecule has 1 aromatic carbocycles. The average molecular weight is 419 g/mol. The van der Waals surface area contributed by atoms with Crippen molar-refractivity contribution in [2.45, 2.75) is 25.3 Å². The van der Waals surface area contributed by atoms with Crippen LogP contribution in [0, 0.1) is 5.92 Å². The van der Waals surface area contributed by atoms with Crippen LogP contribution >= 0.6 is 0 Å². The fourth-order valence-electron chi connectivity index (χ4n) is 3.51. The number of ether oxygens (including phenoxy) is 1. The molecule has 1 heterocycles. The standard InChI is InChI=1S/C18H20F3NO5S/c1-11-13(8-22-9-14(10-22)17(23)26-2)4-3-12-7-15(5-6-16(11)12)27-28(24,25)18(19,20)21/h5-7,14H,3-4,8-10H2,1-2H3. The van der Waals surface area contributed by atoms with Gasteiger partial charge in [-0.2, -0.15) is 21.6 Å². The Balaban J connectivity index is 1.71. The fourth-order valence-corrected chi connectivity index (χ4v) is 3.97. The molecule has 1 aromatic rings.